The molecule has 0 aliphatic heterocycles. The maximum absolute atomic E-state index is 11.8. The fraction of sp³-hybridized carbons (Fsp3) is 0.611. The van der Waals surface area contributed by atoms with Crippen molar-refractivity contribution in [3.8, 4) is 0 Å². The average molecular weight is 289 g/mol. The average Bonchev–Trinajstić information content (AvgIpc) is 3.32. The monoisotopic (exact) mass is 289 g/mol. The molecule has 1 aliphatic rings. The number of carbonyl (C=O) groups excluding carboxylic acids is 1. The SMILES string of the molecule is CCC(CCO)NC(=O)CCCc1ccc(C2CC2)cc1. The molecule has 1 fully saturated rings. The molecule has 1 aromatic carbocycles. The van der Waals surface area contributed by atoms with Gasteiger partial charge in [0.25, 0.3) is 0 Å². The highest BCUT2D eigenvalue weighted by Crippen LogP contribution is 2.39. The molecule has 1 saturated carbocycles. The maximum Gasteiger partial charge on any atom is 0.220 e. The van der Waals surface area contributed by atoms with Crippen molar-refractivity contribution in [3.05, 3.63) is 35.4 Å². The van der Waals surface area contributed by atoms with Gasteiger partial charge in [0, 0.05) is 19.1 Å². The summed E-state index contributed by atoms with van der Waals surface area (Å²) in [4.78, 5) is 11.8. The van der Waals surface area contributed by atoms with Crippen LogP contribution in [-0.4, -0.2) is 23.7 Å². The zero-order valence-corrected chi connectivity index (χ0v) is 13.0. The zero-order chi connectivity index (χ0) is 15.1. The van der Waals surface area contributed by atoms with Gasteiger partial charge >= 0.3 is 0 Å². The van der Waals surface area contributed by atoms with E-state index in [4.69, 9.17) is 5.11 Å². The Labute approximate surface area is 127 Å². The molecule has 0 spiro atoms. The molecule has 2 rings (SSSR count). The van der Waals surface area contributed by atoms with Gasteiger partial charge in [-0.1, -0.05) is 31.2 Å². The molecular weight excluding hydrogens is 262 g/mol. The fourth-order valence-corrected chi connectivity index (χ4v) is 2.66. The van der Waals surface area contributed by atoms with Gasteiger partial charge in [0.2, 0.25) is 5.91 Å². The predicted molar refractivity (Wildman–Crippen MR) is 85.3 cm³/mol. The van der Waals surface area contributed by atoms with Crippen molar-refractivity contribution in [3.63, 3.8) is 0 Å². The van der Waals surface area contributed by atoms with Crippen molar-refractivity contribution in [1.29, 1.82) is 0 Å². The Bertz CT molecular complexity index is 437. The van der Waals surface area contributed by atoms with Crippen LogP contribution < -0.4 is 5.32 Å². The molecule has 0 aromatic heterocycles. The van der Waals surface area contributed by atoms with Gasteiger partial charge in [-0.05, 0) is 55.6 Å². The van der Waals surface area contributed by atoms with Crippen LogP contribution in [0.1, 0.15) is 62.5 Å². The van der Waals surface area contributed by atoms with E-state index in [2.05, 4.69) is 29.6 Å². The number of benzene rings is 1. The molecular formula is C18H27NO2. The van der Waals surface area contributed by atoms with Crippen molar-refractivity contribution < 1.29 is 9.90 Å². The predicted octanol–water partition coefficient (Wildman–Crippen LogP) is 3.16. The molecule has 0 heterocycles. The second-order valence-electron chi connectivity index (χ2n) is 6.05. The Hall–Kier alpha value is -1.35. The standard InChI is InChI=1S/C18H27NO2/c1-2-17(12-13-20)19-18(21)5-3-4-14-6-8-15(9-7-14)16-10-11-16/h6-9,16-17,20H,2-5,10-13H2,1H3,(H,19,21). The summed E-state index contributed by atoms with van der Waals surface area (Å²) >= 11 is 0. The van der Waals surface area contributed by atoms with Crippen LogP contribution in [0.5, 0.6) is 0 Å². The highest BCUT2D eigenvalue weighted by molar-refractivity contribution is 5.76. The van der Waals surface area contributed by atoms with Crippen LogP contribution in [0.15, 0.2) is 24.3 Å². The molecule has 0 saturated heterocycles. The second kappa shape index (κ2) is 8.18. The Morgan fingerprint density at radius 1 is 1.33 bits per heavy atom. The van der Waals surface area contributed by atoms with E-state index in [-0.39, 0.29) is 18.6 Å². The van der Waals surface area contributed by atoms with Crippen molar-refractivity contribution in [2.24, 2.45) is 0 Å². The van der Waals surface area contributed by atoms with Crippen molar-refractivity contribution in [2.75, 3.05) is 6.61 Å². The number of hydrogen-bond acceptors (Lipinski definition) is 2. The van der Waals surface area contributed by atoms with Gasteiger partial charge in [0.15, 0.2) is 0 Å². The number of rotatable bonds is 9. The third-order valence-electron chi connectivity index (χ3n) is 4.23. The molecule has 116 valence electrons. The molecule has 0 radical (unpaired) electrons. The Morgan fingerprint density at radius 2 is 2.05 bits per heavy atom. The van der Waals surface area contributed by atoms with Gasteiger partial charge in [0.1, 0.15) is 0 Å². The first-order valence-electron chi connectivity index (χ1n) is 8.22. The molecule has 2 N–H and O–H groups in total. The van der Waals surface area contributed by atoms with E-state index in [0.717, 1.165) is 25.2 Å². The molecule has 3 heteroatoms. The summed E-state index contributed by atoms with van der Waals surface area (Å²) in [5, 5.41) is 11.9. The summed E-state index contributed by atoms with van der Waals surface area (Å²) in [5.41, 5.74) is 2.78. The smallest absolute Gasteiger partial charge is 0.220 e. The van der Waals surface area contributed by atoms with Crippen LogP contribution in [0.2, 0.25) is 0 Å². The van der Waals surface area contributed by atoms with Crippen LogP contribution in [-0.2, 0) is 11.2 Å². The van der Waals surface area contributed by atoms with Gasteiger partial charge in [-0.3, -0.25) is 4.79 Å². The lowest BCUT2D eigenvalue weighted by Gasteiger charge is -2.15. The third-order valence-corrected chi connectivity index (χ3v) is 4.23. The van der Waals surface area contributed by atoms with Gasteiger partial charge in [-0.25, -0.2) is 0 Å². The molecule has 3 nitrogen and oxygen atoms in total. The minimum atomic E-state index is 0.102. The van der Waals surface area contributed by atoms with Crippen molar-refractivity contribution in [1.82, 2.24) is 5.32 Å². The normalized spacial score (nSPS) is 15.7. The summed E-state index contributed by atoms with van der Waals surface area (Å²) in [5.74, 6) is 0.909. The van der Waals surface area contributed by atoms with E-state index in [1.54, 1.807) is 0 Å². The number of aliphatic hydroxyl groups excluding tert-OH is 1. The fourth-order valence-electron chi connectivity index (χ4n) is 2.66. The first-order valence-corrected chi connectivity index (χ1v) is 8.22. The Kier molecular flexibility index (Phi) is 6.24. The highest BCUT2D eigenvalue weighted by Gasteiger charge is 2.22. The number of hydrogen-bond donors (Lipinski definition) is 2. The molecule has 1 aromatic rings. The van der Waals surface area contributed by atoms with Crippen LogP contribution in [0.3, 0.4) is 0 Å². The van der Waals surface area contributed by atoms with E-state index in [1.807, 2.05) is 6.92 Å². The molecule has 1 atom stereocenters. The van der Waals surface area contributed by atoms with E-state index in [1.165, 1.54) is 24.0 Å². The molecule has 0 bridgehead atoms. The van der Waals surface area contributed by atoms with E-state index in [0.29, 0.717) is 12.8 Å². The largest absolute Gasteiger partial charge is 0.396 e. The van der Waals surface area contributed by atoms with Crippen LogP contribution in [0.25, 0.3) is 0 Å². The highest BCUT2D eigenvalue weighted by atomic mass is 16.3. The quantitative estimate of drug-likeness (QED) is 0.733. The van der Waals surface area contributed by atoms with Gasteiger partial charge in [0.05, 0.1) is 0 Å². The number of aryl methyl sites for hydroxylation is 1. The summed E-state index contributed by atoms with van der Waals surface area (Å²) in [6, 6.07) is 8.99. The second-order valence-corrected chi connectivity index (χ2v) is 6.05. The zero-order valence-electron chi connectivity index (χ0n) is 13.0. The van der Waals surface area contributed by atoms with Gasteiger partial charge < -0.3 is 10.4 Å². The summed E-state index contributed by atoms with van der Waals surface area (Å²) in [6.07, 6.45) is 6.59. The van der Waals surface area contributed by atoms with Crippen LogP contribution in [0.4, 0.5) is 0 Å². The molecule has 21 heavy (non-hydrogen) atoms. The Balaban J connectivity index is 1.67. The Morgan fingerprint density at radius 3 is 2.62 bits per heavy atom. The maximum atomic E-state index is 11.8. The first-order chi connectivity index (χ1) is 10.2. The van der Waals surface area contributed by atoms with Crippen LogP contribution in [0, 0.1) is 0 Å². The number of amides is 1. The minimum absolute atomic E-state index is 0.102. The van der Waals surface area contributed by atoms with Crippen molar-refractivity contribution in [2.45, 2.75) is 63.8 Å². The first kappa shape index (κ1) is 16.0. The number of nitrogens with one attached hydrogen (secondary N) is 1. The van der Waals surface area contributed by atoms with Gasteiger partial charge in [-0.2, -0.15) is 0 Å². The van der Waals surface area contributed by atoms with Crippen LogP contribution >= 0.6 is 0 Å². The number of carbonyl (C=O) groups is 1. The topological polar surface area (TPSA) is 49.3 Å². The molecule has 1 amide bonds. The lowest BCUT2D eigenvalue weighted by Crippen LogP contribution is -2.34. The van der Waals surface area contributed by atoms with E-state index in [9.17, 15) is 4.79 Å². The number of aliphatic hydroxyl groups is 1. The molecule has 1 aliphatic carbocycles. The van der Waals surface area contributed by atoms with Gasteiger partial charge in [-0.15, -0.1) is 0 Å². The van der Waals surface area contributed by atoms with Crippen molar-refractivity contribution >= 4 is 5.91 Å². The lowest BCUT2D eigenvalue weighted by molar-refractivity contribution is -0.122. The lowest BCUT2D eigenvalue weighted by atomic mass is 10.0. The minimum Gasteiger partial charge on any atom is -0.396 e. The summed E-state index contributed by atoms with van der Waals surface area (Å²) < 4.78 is 0. The summed E-state index contributed by atoms with van der Waals surface area (Å²) in [7, 11) is 0. The molecule has 1 unspecified atom stereocenters. The van der Waals surface area contributed by atoms with E-state index >= 15 is 0 Å². The third kappa shape index (κ3) is 5.50. The summed E-state index contributed by atoms with van der Waals surface area (Å²) in [6.45, 7) is 2.16. The van der Waals surface area contributed by atoms with E-state index < -0.39 is 0 Å².